The molecule has 0 fully saturated rings. The maximum atomic E-state index is 14.1. The van der Waals surface area contributed by atoms with Crippen molar-refractivity contribution < 1.29 is 19.8 Å². The van der Waals surface area contributed by atoms with Gasteiger partial charge in [-0.2, -0.15) is 0 Å². The van der Waals surface area contributed by atoms with Crippen molar-refractivity contribution in [3.8, 4) is 0 Å². The normalized spacial score (nSPS) is 13.3. The van der Waals surface area contributed by atoms with E-state index in [1.54, 1.807) is 36.4 Å². The average Bonchev–Trinajstić information content (AvgIpc) is 3.17. The zero-order valence-corrected chi connectivity index (χ0v) is 29.1. The third kappa shape index (κ3) is 8.28. The van der Waals surface area contributed by atoms with E-state index in [0.717, 1.165) is 14.7 Å². The number of hydrogen-bond acceptors (Lipinski definition) is 5. The molecule has 0 saturated carbocycles. The summed E-state index contributed by atoms with van der Waals surface area (Å²) in [5, 5.41) is 32.3. The van der Waals surface area contributed by atoms with Gasteiger partial charge in [-0.1, -0.05) is 133 Å². The van der Waals surface area contributed by atoms with Crippen molar-refractivity contribution in [2.75, 3.05) is 5.32 Å². The predicted octanol–water partition coefficient (Wildman–Crippen LogP) is 8.44. The Morgan fingerprint density at radius 2 is 0.840 bits per heavy atom. The fourth-order valence-corrected chi connectivity index (χ4v) is 6.37. The van der Waals surface area contributed by atoms with Crippen LogP contribution >= 0.6 is 22.6 Å². The van der Waals surface area contributed by atoms with Crippen LogP contribution in [0.3, 0.4) is 0 Å². The van der Waals surface area contributed by atoms with E-state index in [9.17, 15) is 19.8 Å². The van der Waals surface area contributed by atoms with E-state index in [2.05, 4.69) is 38.5 Å². The van der Waals surface area contributed by atoms with Gasteiger partial charge in [-0.05, 0) is 75.2 Å². The standard InChI is InChI=1S/C42H36IN3O4/c43-32-25-26-36(34(27-32)42(50)46-38(29-17-7-2-8-18-29)40(48)31-21-11-4-12-22-31)44-35-24-14-13-23-33(35)41(49)45-37(28-15-5-1-6-16-28)39(47)30-19-9-3-10-20-30/h1-27,37-40,44,47-48H,(H,45,49)(H,46,50)/t37-,38-,39+,40+/m0/s1. The van der Waals surface area contributed by atoms with Gasteiger partial charge in [0.25, 0.3) is 11.8 Å². The highest BCUT2D eigenvalue weighted by Gasteiger charge is 2.28. The van der Waals surface area contributed by atoms with E-state index in [1.807, 2.05) is 127 Å². The molecule has 2 amide bonds. The molecule has 0 aliphatic rings. The van der Waals surface area contributed by atoms with Gasteiger partial charge < -0.3 is 26.2 Å². The lowest BCUT2D eigenvalue weighted by molar-refractivity contribution is 0.0828. The van der Waals surface area contributed by atoms with E-state index in [-0.39, 0.29) is 0 Å². The molecule has 0 bridgehead atoms. The quantitative estimate of drug-likeness (QED) is 0.0803. The van der Waals surface area contributed by atoms with Crippen LogP contribution in [0, 0.1) is 3.57 Å². The predicted molar refractivity (Wildman–Crippen MR) is 205 cm³/mol. The average molecular weight is 774 g/mol. The zero-order chi connectivity index (χ0) is 34.9. The number of carbonyl (C=O) groups excluding carboxylic acids is 2. The SMILES string of the molecule is O=C(N[C@@H](c1ccccc1)[C@H](O)c1ccccc1)c1ccccc1Nc1ccc(I)cc1C(=O)N[C@@H](c1ccccc1)[C@H](O)c1ccccc1. The molecule has 6 rings (SSSR count). The molecule has 0 spiro atoms. The second-order valence-corrected chi connectivity index (χ2v) is 13.0. The monoisotopic (exact) mass is 773 g/mol. The van der Waals surface area contributed by atoms with Gasteiger partial charge in [0.1, 0.15) is 12.2 Å². The van der Waals surface area contributed by atoms with Crippen LogP contribution in [0.5, 0.6) is 0 Å². The molecule has 8 heteroatoms. The summed E-state index contributed by atoms with van der Waals surface area (Å²) in [6.07, 6.45) is -2.01. The topological polar surface area (TPSA) is 111 Å². The minimum absolute atomic E-state index is 0.334. The van der Waals surface area contributed by atoms with Gasteiger partial charge in [-0.25, -0.2) is 0 Å². The largest absolute Gasteiger partial charge is 0.386 e. The second kappa shape index (κ2) is 16.4. The Morgan fingerprint density at radius 1 is 0.460 bits per heavy atom. The minimum Gasteiger partial charge on any atom is -0.386 e. The van der Waals surface area contributed by atoms with Crippen LogP contribution in [-0.2, 0) is 0 Å². The summed E-state index contributed by atoms with van der Waals surface area (Å²) in [4.78, 5) is 28.1. The van der Waals surface area contributed by atoms with E-state index >= 15 is 0 Å². The summed E-state index contributed by atoms with van der Waals surface area (Å²) in [5.74, 6) is -0.796. The number of amides is 2. The summed E-state index contributed by atoms with van der Waals surface area (Å²) in [6.45, 7) is 0. The van der Waals surface area contributed by atoms with Gasteiger partial charge in [-0.15, -0.1) is 0 Å². The lowest BCUT2D eigenvalue weighted by Crippen LogP contribution is -2.33. The molecule has 50 heavy (non-hydrogen) atoms. The Bertz CT molecular complexity index is 2030. The van der Waals surface area contributed by atoms with E-state index in [1.165, 1.54) is 0 Å². The van der Waals surface area contributed by atoms with Crippen LogP contribution in [0.25, 0.3) is 0 Å². The summed E-state index contributed by atoms with van der Waals surface area (Å²) < 4.78 is 0.838. The van der Waals surface area contributed by atoms with Gasteiger partial charge in [0.05, 0.1) is 34.6 Å². The highest BCUT2D eigenvalue weighted by molar-refractivity contribution is 14.1. The Hall–Kier alpha value is -5.29. The maximum absolute atomic E-state index is 14.1. The van der Waals surface area contributed by atoms with Crippen molar-refractivity contribution >= 4 is 45.8 Å². The third-order valence-corrected chi connectivity index (χ3v) is 9.14. The van der Waals surface area contributed by atoms with Gasteiger partial charge in [0.2, 0.25) is 0 Å². The number of rotatable bonds is 12. The molecule has 0 unspecified atom stereocenters. The molecule has 5 N–H and O–H groups in total. The molecule has 0 heterocycles. The minimum atomic E-state index is -1.00. The summed E-state index contributed by atoms with van der Waals surface area (Å²) in [5.41, 5.74) is 4.49. The molecule has 6 aromatic carbocycles. The first kappa shape index (κ1) is 34.6. The first-order chi connectivity index (χ1) is 24.4. The molecule has 7 nitrogen and oxygen atoms in total. The van der Waals surface area contributed by atoms with Gasteiger partial charge in [-0.3, -0.25) is 9.59 Å². The number of nitrogens with one attached hydrogen (secondary N) is 3. The number of benzene rings is 6. The highest BCUT2D eigenvalue weighted by atomic mass is 127. The molecule has 0 aromatic heterocycles. The molecule has 4 atom stereocenters. The van der Waals surface area contributed by atoms with E-state index in [4.69, 9.17) is 0 Å². The van der Waals surface area contributed by atoms with Crippen LogP contribution in [0.4, 0.5) is 11.4 Å². The first-order valence-electron chi connectivity index (χ1n) is 16.2. The van der Waals surface area contributed by atoms with E-state index < -0.39 is 36.1 Å². The molecular weight excluding hydrogens is 737 g/mol. The van der Waals surface area contributed by atoms with Crippen molar-refractivity contribution in [3.05, 3.63) is 201 Å². The lowest BCUT2D eigenvalue weighted by atomic mass is 9.95. The van der Waals surface area contributed by atoms with Crippen molar-refractivity contribution in [1.29, 1.82) is 0 Å². The molecule has 6 aromatic rings. The molecular formula is C42H36IN3O4. The van der Waals surface area contributed by atoms with Crippen LogP contribution in [0.15, 0.2) is 164 Å². The summed E-state index contributed by atoms with van der Waals surface area (Å²) >= 11 is 2.16. The van der Waals surface area contributed by atoms with Crippen molar-refractivity contribution in [3.63, 3.8) is 0 Å². The number of halogens is 1. The third-order valence-electron chi connectivity index (χ3n) is 8.47. The Labute approximate surface area is 305 Å². The molecule has 0 aliphatic carbocycles. The molecule has 250 valence electrons. The van der Waals surface area contributed by atoms with Crippen LogP contribution < -0.4 is 16.0 Å². The van der Waals surface area contributed by atoms with Gasteiger partial charge >= 0.3 is 0 Å². The van der Waals surface area contributed by atoms with Crippen molar-refractivity contribution in [2.24, 2.45) is 0 Å². The van der Waals surface area contributed by atoms with Gasteiger partial charge in [0.15, 0.2) is 0 Å². The van der Waals surface area contributed by atoms with Gasteiger partial charge in [0, 0.05) is 3.57 Å². The number of hydrogen-bond donors (Lipinski definition) is 5. The fourth-order valence-electron chi connectivity index (χ4n) is 5.88. The van der Waals surface area contributed by atoms with Crippen LogP contribution in [-0.4, -0.2) is 22.0 Å². The molecule has 0 saturated heterocycles. The van der Waals surface area contributed by atoms with E-state index in [0.29, 0.717) is 33.6 Å². The summed E-state index contributed by atoms with van der Waals surface area (Å²) in [6, 6.07) is 48.2. The maximum Gasteiger partial charge on any atom is 0.254 e. The Kier molecular flexibility index (Phi) is 11.3. The Morgan fingerprint density at radius 3 is 1.32 bits per heavy atom. The number of aliphatic hydroxyl groups excluding tert-OH is 2. The van der Waals surface area contributed by atoms with Crippen molar-refractivity contribution in [1.82, 2.24) is 10.6 Å². The number of aliphatic hydroxyl groups is 2. The van der Waals surface area contributed by atoms with Crippen LogP contribution in [0.1, 0.15) is 67.3 Å². The smallest absolute Gasteiger partial charge is 0.254 e. The zero-order valence-electron chi connectivity index (χ0n) is 27.0. The van der Waals surface area contributed by atoms with Crippen LogP contribution in [0.2, 0.25) is 0 Å². The number of anilines is 2. The lowest BCUT2D eigenvalue weighted by Gasteiger charge is -2.26. The fraction of sp³-hybridized carbons (Fsp3) is 0.0952. The first-order valence-corrected chi connectivity index (χ1v) is 17.3. The highest BCUT2D eigenvalue weighted by Crippen LogP contribution is 2.33. The second-order valence-electron chi connectivity index (χ2n) is 11.8. The number of carbonyl (C=O) groups is 2. The Balaban J connectivity index is 1.29. The molecule has 0 radical (unpaired) electrons. The number of para-hydroxylation sites is 1. The van der Waals surface area contributed by atoms with Crippen molar-refractivity contribution in [2.45, 2.75) is 24.3 Å². The molecule has 0 aliphatic heterocycles. The summed E-state index contributed by atoms with van der Waals surface area (Å²) in [7, 11) is 0.